The first-order valence-electron chi connectivity index (χ1n) is 5.85. The van der Waals surface area contributed by atoms with Gasteiger partial charge in [0, 0.05) is 9.13 Å². The van der Waals surface area contributed by atoms with E-state index in [0.29, 0.717) is 11.1 Å². The molecule has 0 saturated carbocycles. The molecule has 0 aliphatic rings. The summed E-state index contributed by atoms with van der Waals surface area (Å²) >= 11 is 2.00. The van der Waals surface area contributed by atoms with Crippen molar-refractivity contribution in [3.63, 3.8) is 0 Å². The van der Waals surface area contributed by atoms with Gasteiger partial charge in [-0.25, -0.2) is 4.79 Å². The number of rotatable bonds is 3. The van der Waals surface area contributed by atoms with Crippen molar-refractivity contribution in [3.8, 4) is 6.07 Å². The van der Waals surface area contributed by atoms with Crippen LogP contribution in [0.2, 0.25) is 0 Å². The van der Waals surface area contributed by atoms with Gasteiger partial charge in [0.2, 0.25) is 0 Å². The largest absolute Gasteiger partial charge is 0.478 e. The number of carbonyl (C=O) groups is 2. The molecule has 2 rings (SSSR count). The number of nitrogens with zero attached hydrogens (tertiary/aromatic N) is 1. The third-order valence-electron chi connectivity index (χ3n) is 2.71. The molecule has 5 nitrogen and oxygen atoms in total. The van der Waals surface area contributed by atoms with Crippen molar-refractivity contribution >= 4 is 40.2 Å². The van der Waals surface area contributed by atoms with Gasteiger partial charge in [-0.15, -0.1) is 0 Å². The number of hydrogen-bond donors (Lipinski definition) is 2. The predicted octanol–water partition coefficient (Wildman–Crippen LogP) is 3.11. The van der Waals surface area contributed by atoms with Gasteiger partial charge in [0.1, 0.15) is 0 Å². The quantitative estimate of drug-likeness (QED) is 0.786. The molecule has 0 heterocycles. The van der Waals surface area contributed by atoms with Crippen molar-refractivity contribution in [2.45, 2.75) is 0 Å². The van der Waals surface area contributed by atoms with Crippen LogP contribution in [-0.2, 0) is 0 Å². The normalized spacial score (nSPS) is 9.71. The van der Waals surface area contributed by atoms with Gasteiger partial charge >= 0.3 is 5.97 Å². The number of halogens is 1. The highest BCUT2D eigenvalue weighted by Gasteiger charge is 2.14. The maximum Gasteiger partial charge on any atom is 0.337 e. The molecule has 0 bridgehead atoms. The van der Waals surface area contributed by atoms with Crippen LogP contribution in [0.25, 0.3) is 0 Å². The second-order valence-corrected chi connectivity index (χ2v) is 5.39. The standard InChI is InChI=1S/C15H9IN2O3/c16-11-4-5-13(12(7-11)15(20)21)18-14(19)10-3-1-2-9(6-10)8-17/h1-7H,(H,18,19)(H,20,21). The summed E-state index contributed by atoms with van der Waals surface area (Å²) in [5.41, 5.74) is 0.898. The van der Waals surface area contributed by atoms with E-state index in [1.807, 2.05) is 28.7 Å². The zero-order chi connectivity index (χ0) is 15.4. The minimum Gasteiger partial charge on any atom is -0.478 e. The first kappa shape index (κ1) is 15.0. The predicted molar refractivity (Wildman–Crippen MR) is 85.2 cm³/mol. The Morgan fingerprint density at radius 2 is 1.95 bits per heavy atom. The summed E-state index contributed by atoms with van der Waals surface area (Å²) in [6, 6.07) is 12.9. The molecule has 0 unspecified atom stereocenters. The lowest BCUT2D eigenvalue weighted by atomic mass is 10.1. The van der Waals surface area contributed by atoms with Crippen molar-refractivity contribution in [2.75, 3.05) is 5.32 Å². The second-order valence-electron chi connectivity index (χ2n) is 4.14. The Morgan fingerprint density at radius 1 is 1.19 bits per heavy atom. The highest BCUT2D eigenvalue weighted by atomic mass is 127. The van der Waals surface area contributed by atoms with E-state index in [0.717, 1.165) is 3.57 Å². The van der Waals surface area contributed by atoms with Gasteiger partial charge in [0.25, 0.3) is 5.91 Å². The maximum atomic E-state index is 12.1. The number of aromatic carboxylic acids is 1. The molecule has 0 spiro atoms. The summed E-state index contributed by atoms with van der Waals surface area (Å²) in [5, 5.41) is 20.5. The van der Waals surface area contributed by atoms with E-state index in [-0.39, 0.29) is 11.3 Å². The van der Waals surface area contributed by atoms with Crippen molar-refractivity contribution in [1.29, 1.82) is 5.26 Å². The molecule has 2 aromatic rings. The van der Waals surface area contributed by atoms with Crippen molar-refractivity contribution < 1.29 is 14.7 Å². The molecule has 2 aromatic carbocycles. The van der Waals surface area contributed by atoms with Crippen LogP contribution in [0, 0.1) is 14.9 Å². The molecule has 2 N–H and O–H groups in total. The Balaban J connectivity index is 2.32. The van der Waals surface area contributed by atoms with Gasteiger partial charge in [-0.3, -0.25) is 4.79 Å². The number of carboxylic acid groups (broad SMARTS) is 1. The highest BCUT2D eigenvalue weighted by molar-refractivity contribution is 14.1. The van der Waals surface area contributed by atoms with E-state index < -0.39 is 11.9 Å². The Morgan fingerprint density at radius 3 is 2.62 bits per heavy atom. The molecule has 0 radical (unpaired) electrons. The molecule has 21 heavy (non-hydrogen) atoms. The lowest BCUT2D eigenvalue weighted by Gasteiger charge is -2.09. The number of nitriles is 1. The van der Waals surface area contributed by atoms with E-state index in [2.05, 4.69) is 5.32 Å². The number of nitrogens with one attached hydrogen (secondary N) is 1. The Kier molecular flexibility index (Phi) is 4.55. The first-order chi connectivity index (χ1) is 10.0. The summed E-state index contributed by atoms with van der Waals surface area (Å²) in [4.78, 5) is 23.3. The monoisotopic (exact) mass is 392 g/mol. The Bertz CT molecular complexity index is 766. The van der Waals surface area contributed by atoms with Crippen LogP contribution >= 0.6 is 22.6 Å². The average Bonchev–Trinajstić information content (AvgIpc) is 2.48. The summed E-state index contributed by atoms with van der Waals surface area (Å²) in [6.07, 6.45) is 0. The van der Waals surface area contributed by atoms with E-state index in [9.17, 15) is 9.59 Å². The molecule has 104 valence electrons. The van der Waals surface area contributed by atoms with E-state index >= 15 is 0 Å². The fourth-order valence-corrected chi connectivity index (χ4v) is 2.22. The Hall–Kier alpha value is -2.40. The number of benzene rings is 2. The molecule has 6 heteroatoms. The molecule has 0 aliphatic carbocycles. The topological polar surface area (TPSA) is 90.2 Å². The number of carboxylic acids is 1. The lowest BCUT2D eigenvalue weighted by molar-refractivity contribution is 0.0698. The molecular weight excluding hydrogens is 383 g/mol. The SMILES string of the molecule is N#Cc1cccc(C(=O)Nc2ccc(I)cc2C(=O)O)c1. The molecule has 0 fully saturated rings. The summed E-state index contributed by atoms with van der Waals surface area (Å²) in [5.74, 6) is -1.58. The molecular formula is C15H9IN2O3. The average molecular weight is 392 g/mol. The van der Waals surface area contributed by atoms with Gasteiger partial charge in [0.15, 0.2) is 0 Å². The number of amides is 1. The van der Waals surface area contributed by atoms with E-state index in [1.54, 1.807) is 24.3 Å². The maximum absolute atomic E-state index is 12.1. The zero-order valence-electron chi connectivity index (χ0n) is 10.6. The fourth-order valence-electron chi connectivity index (χ4n) is 1.73. The number of hydrogen-bond acceptors (Lipinski definition) is 3. The van der Waals surface area contributed by atoms with Gasteiger partial charge < -0.3 is 10.4 Å². The van der Waals surface area contributed by atoms with Crippen LogP contribution in [0.1, 0.15) is 26.3 Å². The smallest absolute Gasteiger partial charge is 0.337 e. The van der Waals surface area contributed by atoms with E-state index in [4.69, 9.17) is 10.4 Å². The minimum absolute atomic E-state index is 0.0201. The molecule has 0 aromatic heterocycles. The van der Waals surface area contributed by atoms with E-state index in [1.165, 1.54) is 18.2 Å². The molecule has 1 amide bonds. The van der Waals surface area contributed by atoms with Crippen LogP contribution in [0.15, 0.2) is 42.5 Å². The van der Waals surface area contributed by atoms with Crippen LogP contribution in [0.4, 0.5) is 5.69 Å². The summed E-state index contributed by atoms with van der Waals surface area (Å²) < 4.78 is 0.759. The van der Waals surface area contributed by atoms with Gasteiger partial charge in [-0.1, -0.05) is 6.07 Å². The van der Waals surface area contributed by atoms with Crippen LogP contribution < -0.4 is 5.32 Å². The number of anilines is 1. The zero-order valence-corrected chi connectivity index (χ0v) is 12.8. The first-order valence-corrected chi connectivity index (χ1v) is 6.93. The minimum atomic E-state index is -1.12. The fraction of sp³-hybridized carbons (Fsp3) is 0. The Labute approximate surface area is 134 Å². The van der Waals surface area contributed by atoms with Crippen LogP contribution in [0.5, 0.6) is 0 Å². The lowest BCUT2D eigenvalue weighted by Crippen LogP contribution is -2.15. The number of carbonyl (C=O) groups excluding carboxylic acids is 1. The summed E-state index contributed by atoms with van der Waals surface area (Å²) in [6.45, 7) is 0. The van der Waals surface area contributed by atoms with Gasteiger partial charge in [-0.2, -0.15) is 5.26 Å². The third kappa shape index (κ3) is 3.58. The van der Waals surface area contributed by atoms with Crippen molar-refractivity contribution in [1.82, 2.24) is 0 Å². The van der Waals surface area contributed by atoms with Gasteiger partial charge in [0.05, 0.1) is 22.9 Å². The summed E-state index contributed by atoms with van der Waals surface area (Å²) in [7, 11) is 0. The second kappa shape index (κ2) is 6.37. The van der Waals surface area contributed by atoms with Crippen LogP contribution in [-0.4, -0.2) is 17.0 Å². The van der Waals surface area contributed by atoms with Crippen LogP contribution in [0.3, 0.4) is 0 Å². The molecule has 0 atom stereocenters. The molecule has 0 aliphatic heterocycles. The van der Waals surface area contributed by atoms with Gasteiger partial charge in [-0.05, 0) is 59.0 Å². The van der Waals surface area contributed by atoms with Crippen molar-refractivity contribution in [2.24, 2.45) is 0 Å². The molecule has 0 saturated heterocycles. The highest BCUT2D eigenvalue weighted by Crippen LogP contribution is 2.20. The van der Waals surface area contributed by atoms with Crippen molar-refractivity contribution in [3.05, 3.63) is 62.7 Å². The third-order valence-corrected chi connectivity index (χ3v) is 3.39.